The Bertz CT molecular complexity index is 435. The normalized spacial score (nSPS) is 13.1. The molecule has 0 saturated carbocycles. The summed E-state index contributed by atoms with van der Waals surface area (Å²) in [6, 6.07) is 5.63. The first kappa shape index (κ1) is 11.2. The third kappa shape index (κ3) is 2.65. The van der Waals surface area contributed by atoms with E-state index >= 15 is 0 Å². The number of hydrogen-bond acceptors (Lipinski definition) is 5. The van der Waals surface area contributed by atoms with Crippen molar-refractivity contribution in [2.24, 2.45) is 5.10 Å². The van der Waals surface area contributed by atoms with Crippen molar-refractivity contribution in [1.82, 2.24) is 5.43 Å². The number of ether oxygens (including phenoxy) is 2. The maximum atomic E-state index is 5.25. The van der Waals surface area contributed by atoms with Gasteiger partial charge in [0, 0.05) is 0 Å². The van der Waals surface area contributed by atoms with Gasteiger partial charge in [-0.2, -0.15) is 5.10 Å². The Hall–Kier alpha value is -1.27. The van der Waals surface area contributed by atoms with Gasteiger partial charge in [0.1, 0.15) is 0 Å². The Kier molecular flexibility index (Phi) is 3.63. The number of nitrogens with one attached hydrogen (secondary N) is 1. The van der Waals surface area contributed by atoms with Crippen molar-refractivity contribution in [2.45, 2.75) is 0 Å². The van der Waals surface area contributed by atoms with Crippen molar-refractivity contribution >= 4 is 34.5 Å². The average molecular weight is 254 g/mol. The first-order valence-corrected chi connectivity index (χ1v) is 6.19. The van der Waals surface area contributed by atoms with Crippen molar-refractivity contribution in [3.8, 4) is 11.5 Å². The summed E-state index contributed by atoms with van der Waals surface area (Å²) in [5.74, 6) is 1.51. The second kappa shape index (κ2) is 5.18. The van der Waals surface area contributed by atoms with Crippen LogP contribution < -0.4 is 14.9 Å². The second-order valence-electron chi connectivity index (χ2n) is 2.97. The van der Waals surface area contributed by atoms with E-state index in [1.165, 1.54) is 11.8 Å². The van der Waals surface area contributed by atoms with Crippen LogP contribution in [0.15, 0.2) is 23.3 Å². The molecule has 1 aliphatic heterocycles. The summed E-state index contributed by atoms with van der Waals surface area (Å²) in [6.45, 7) is 0.282. The first-order valence-electron chi connectivity index (χ1n) is 4.56. The van der Waals surface area contributed by atoms with Crippen LogP contribution in [0.2, 0.25) is 0 Å². The van der Waals surface area contributed by atoms with Crippen LogP contribution in [0.4, 0.5) is 0 Å². The summed E-state index contributed by atoms with van der Waals surface area (Å²) in [7, 11) is 0. The Labute approximate surface area is 103 Å². The standard InChI is InChI=1S/C10H10N2O2S2/c1-16-10(15)12-11-5-7-2-3-8-9(4-7)14-6-13-8/h2-5H,6H2,1H3,(H,12,15)/b11-5+. The number of rotatable bonds is 2. The van der Waals surface area contributed by atoms with E-state index in [1.54, 1.807) is 6.21 Å². The topological polar surface area (TPSA) is 42.9 Å². The predicted octanol–water partition coefficient (Wildman–Crippen LogP) is 1.99. The highest BCUT2D eigenvalue weighted by atomic mass is 32.2. The first-order chi connectivity index (χ1) is 7.79. The van der Waals surface area contributed by atoms with Crippen LogP contribution in [-0.2, 0) is 0 Å². The fourth-order valence-electron chi connectivity index (χ4n) is 1.20. The van der Waals surface area contributed by atoms with Gasteiger partial charge in [0.2, 0.25) is 6.79 Å². The quantitative estimate of drug-likeness (QED) is 0.496. The molecule has 0 saturated heterocycles. The number of fused-ring (bicyclic) bond motifs is 1. The Morgan fingerprint density at radius 1 is 1.50 bits per heavy atom. The maximum absolute atomic E-state index is 5.25. The minimum absolute atomic E-state index is 0.282. The Morgan fingerprint density at radius 3 is 3.12 bits per heavy atom. The zero-order valence-corrected chi connectivity index (χ0v) is 10.2. The molecule has 0 bridgehead atoms. The smallest absolute Gasteiger partial charge is 0.231 e. The van der Waals surface area contributed by atoms with E-state index in [1.807, 2.05) is 24.5 Å². The summed E-state index contributed by atoms with van der Waals surface area (Å²) in [5.41, 5.74) is 3.67. The lowest BCUT2D eigenvalue weighted by atomic mass is 10.2. The molecule has 0 unspecified atom stereocenters. The summed E-state index contributed by atoms with van der Waals surface area (Å²) in [6.07, 6.45) is 3.58. The van der Waals surface area contributed by atoms with Crippen molar-refractivity contribution in [3.63, 3.8) is 0 Å². The fraction of sp³-hybridized carbons (Fsp3) is 0.200. The molecule has 0 aromatic heterocycles. The van der Waals surface area contributed by atoms with Gasteiger partial charge in [-0.3, -0.25) is 5.43 Å². The largest absolute Gasteiger partial charge is 0.454 e. The number of hydrazone groups is 1. The van der Waals surface area contributed by atoms with Crippen LogP contribution in [0.25, 0.3) is 0 Å². The Balaban J connectivity index is 2.02. The van der Waals surface area contributed by atoms with E-state index in [2.05, 4.69) is 10.5 Å². The third-order valence-corrected chi connectivity index (χ3v) is 3.00. The fourth-order valence-corrected chi connectivity index (χ4v) is 1.40. The number of nitrogens with zero attached hydrogens (tertiary/aromatic N) is 1. The van der Waals surface area contributed by atoms with Crippen LogP contribution in [0.5, 0.6) is 11.5 Å². The molecule has 1 aromatic rings. The van der Waals surface area contributed by atoms with Gasteiger partial charge in [0.05, 0.1) is 6.21 Å². The summed E-state index contributed by atoms with van der Waals surface area (Å²) < 4.78 is 11.1. The molecule has 0 spiro atoms. The molecule has 1 aromatic carbocycles. The second-order valence-corrected chi connectivity index (χ2v) is 4.46. The molecule has 1 heterocycles. The van der Waals surface area contributed by atoms with Gasteiger partial charge < -0.3 is 9.47 Å². The van der Waals surface area contributed by atoms with Crippen molar-refractivity contribution < 1.29 is 9.47 Å². The van der Waals surface area contributed by atoms with E-state index < -0.39 is 0 Å². The van der Waals surface area contributed by atoms with Crippen LogP contribution in [0, 0.1) is 0 Å². The SMILES string of the molecule is CSC(=S)N/N=C/c1ccc2c(c1)OCO2. The van der Waals surface area contributed by atoms with Gasteiger partial charge in [-0.25, -0.2) is 0 Å². The lowest BCUT2D eigenvalue weighted by Gasteiger charge is -1.98. The van der Waals surface area contributed by atoms with Gasteiger partial charge in [0.15, 0.2) is 15.8 Å². The van der Waals surface area contributed by atoms with Gasteiger partial charge in [-0.15, -0.1) is 0 Å². The van der Waals surface area contributed by atoms with E-state index in [-0.39, 0.29) is 6.79 Å². The highest BCUT2D eigenvalue weighted by Gasteiger charge is 2.12. The molecule has 0 amide bonds. The molecule has 6 heteroatoms. The molecule has 1 aliphatic rings. The summed E-state index contributed by atoms with van der Waals surface area (Å²) >= 11 is 6.39. The molecule has 0 radical (unpaired) electrons. The molecule has 84 valence electrons. The molecule has 0 atom stereocenters. The van der Waals surface area contributed by atoms with E-state index in [0.717, 1.165) is 17.1 Å². The van der Waals surface area contributed by atoms with Crippen LogP contribution in [0.3, 0.4) is 0 Å². The van der Waals surface area contributed by atoms with Gasteiger partial charge in [-0.1, -0.05) is 24.0 Å². The minimum Gasteiger partial charge on any atom is -0.454 e. The highest BCUT2D eigenvalue weighted by Crippen LogP contribution is 2.31. The highest BCUT2D eigenvalue weighted by molar-refractivity contribution is 8.22. The molecule has 2 rings (SSSR count). The van der Waals surface area contributed by atoms with Crippen molar-refractivity contribution in [3.05, 3.63) is 23.8 Å². The average Bonchev–Trinajstić information content (AvgIpc) is 2.76. The summed E-state index contributed by atoms with van der Waals surface area (Å²) in [4.78, 5) is 0. The van der Waals surface area contributed by atoms with Gasteiger partial charge in [0.25, 0.3) is 0 Å². The Morgan fingerprint density at radius 2 is 2.31 bits per heavy atom. The summed E-state index contributed by atoms with van der Waals surface area (Å²) in [5, 5.41) is 4.00. The number of benzene rings is 1. The minimum atomic E-state index is 0.282. The molecular formula is C10H10N2O2S2. The van der Waals surface area contributed by atoms with E-state index in [0.29, 0.717) is 4.32 Å². The van der Waals surface area contributed by atoms with Crippen LogP contribution >= 0.6 is 24.0 Å². The van der Waals surface area contributed by atoms with Crippen molar-refractivity contribution in [1.29, 1.82) is 0 Å². The molecule has 0 aliphatic carbocycles. The lowest BCUT2D eigenvalue weighted by Crippen LogP contribution is -2.10. The van der Waals surface area contributed by atoms with Gasteiger partial charge >= 0.3 is 0 Å². The third-order valence-electron chi connectivity index (χ3n) is 1.95. The zero-order valence-electron chi connectivity index (χ0n) is 8.60. The maximum Gasteiger partial charge on any atom is 0.231 e. The van der Waals surface area contributed by atoms with Crippen LogP contribution in [-0.4, -0.2) is 23.6 Å². The molecular weight excluding hydrogens is 244 g/mol. The molecule has 0 fully saturated rings. The van der Waals surface area contributed by atoms with Crippen molar-refractivity contribution in [2.75, 3.05) is 13.0 Å². The lowest BCUT2D eigenvalue weighted by molar-refractivity contribution is 0.174. The number of thiocarbonyl (C=S) groups is 1. The van der Waals surface area contributed by atoms with E-state index in [4.69, 9.17) is 21.7 Å². The number of thioether (sulfide) groups is 1. The zero-order chi connectivity index (χ0) is 11.4. The number of hydrogen-bond donors (Lipinski definition) is 1. The van der Waals surface area contributed by atoms with Crippen LogP contribution in [0.1, 0.15) is 5.56 Å². The molecule has 4 nitrogen and oxygen atoms in total. The van der Waals surface area contributed by atoms with E-state index in [9.17, 15) is 0 Å². The molecule has 1 N–H and O–H groups in total. The molecule has 16 heavy (non-hydrogen) atoms. The predicted molar refractivity (Wildman–Crippen MR) is 69.4 cm³/mol. The van der Waals surface area contributed by atoms with Gasteiger partial charge in [-0.05, 0) is 30.0 Å². The monoisotopic (exact) mass is 254 g/mol.